The summed E-state index contributed by atoms with van der Waals surface area (Å²) in [5, 5.41) is 1.54. The lowest BCUT2D eigenvalue weighted by Crippen LogP contribution is -2.13. The van der Waals surface area contributed by atoms with Gasteiger partial charge in [0.25, 0.3) is 0 Å². The van der Waals surface area contributed by atoms with Gasteiger partial charge in [0.05, 0.1) is 5.02 Å². The molecule has 0 unspecified atom stereocenters. The quantitative estimate of drug-likeness (QED) is 0.550. The van der Waals surface area contributed by atoms with Gasteiger partial charge < -0.3 is 0 Å². The number of nitrogens with one attached hydrogen (secondary N) is 1. The molecule has 3 aromatic heterocycles. The zero-order valence-corrected chi connectivity index (χ0v) is 12.1. The van der Waals surface area contributed by atoms with Crippen LogP contribution in [-0.2, 0) is 0 Å². The zero-order chi connectivity index (χ0) is 14.7. The zero-order valence-electron chi connectivity index (χ0n) is 10.5. The third-order valence-electron chi connectivity index (χ3n) is 2.38. The van der Waals surface area contributed by atoms with E-state index >= 15 is 0 Å². The summed E-state index contributed by atoms with van der Waals surface area (Å²) in [5.41, 5.74) is 2.41. The molecule has 3 rings (SSSR count). The molecular formula is C11H9ClN8S. The molecule has 0 aliphatic rings. The normalized spacial score (nSPS) is 10.6. The molecule has 106 valence electrons. The SMILES string of the molecule is NNc1nc(Sc2ncccc2Cl)nc(-n2ccnc2)n1. The van der Waals surface area contributed by atoms with Crippen molar-refractivity contribution in [2.24, 2.45) is 5.84 Å². The average Bonchev–Trinajstić information content (AvgIpc) is 3.04. The topological polar surface area (TPSA) is 107 Å². The van der Waals surface area contributed by atoms with Gasteiger partial charge in [0, 0.05) is 18.6 Å². The first-order chi connectivity index (χ1) is 10.3. The second-order valence-corrected chi connectivity index (χ2v) is 5.11. The second-order valence-electron chi connectivity index (χ2n) is 3.75. The Hall–Kier alpha value is -2.23. The number of imidazole rings is 1. The van der Waals surface area contributed by atoms with Crippen LogP contribution in [0.15, 0.2) is 47.2 Å². The molecule has 0 saturated heterocycles. The Bertz CT molecular complexity index is 748. The molecule has 21 heavy (non-hydrogen) atoms. The van der Waals surface area contributed by atoms with Crippen LogP contribution in [0, 0.1) is 0 Å². The van der Waals surface area contributed by atoms with Crippen molar-refractivity contribution in [3.8, 4) is 5.95 Å². The van der Waals surface area contributed by atoms with Gasteiger partial charge in [-0.2, -0.15) is 15.0 Å². The lowest BCUT2D eigenvalue weighted by atomic mass is 10.5. The number of nitrogens with zero attached hydrogens (tertiary/aromatic N) is 6. The Morgan fingerprint density at radius 1 is 1.24 bits per heavy atom. The minimum Gasteiger partial charge on any atom is -0.292 e. The molecule has 3 N–H and O–H groups in total. The predicted molar refractivity (Wildman–Crippen MR) is 78.1 cm³/mol. The smallest absolute Gasteiger partial charge is 0.242 e. The highest BCUT2D eigenvalue weighted by atomic mass is 35.5. The third kappa shape index (κ3) is 3.10. The van der Waals surface area contributed by atoms with E-state index in [1.165, 1.54) is 11.8 Å². The molecule has 0 aliphatic heterocycles. The number of anilines is 1. The van der Waals surface area contributed by atoms with E-state index in [1.807, 2.05) is 0 Å². The summed E-state index contributed by atoms with van der Waals surface area (Å²) in [4.78, 5) is 20.8. The van der Waals surface area contributed by atoms with Crippen molar-refractivity contribution in [1.82, 2.24) is 29.5 Å². The first-order valence-corrected chi connectivity index (χ1v) is 6.95. The van der Waals surface area contributed by atoms with Gasteiger partial charge in [0.2, 0.25) is 17.1 Å². The molecule has 3 heterocycles. The molecule has 0 amide bonds. The van der Waals surface area contributed by atoms with Crippen molar-refractivity contribution in [2.75, 3.05) is 5.43 Å². The molecule has 10 heteroatoms. The van der Waals surface area contributed by atoms with E-state index in [0.29, 0.717) is 21.2 Å². The number of hydrazine groups is 1. The van der Waals surface area contributed by atoms with Gasteiger partial charge >= 0.3 is 0 Å². The van der Waals surface area contributed by atoms with Crippen LogP contribution in [0.5, 0.6) is 0 Å². The third-order valence-corrected chi connectivity index (χ3v) is 3.68. The van der Waals surface area contributed by atoms with Crippen molar-refractivity contribution in [2.45, 2.75) is 10.2 Å². The maximum absolute atomic E-state index is 6.08. The van der Waals surface area contributed by atoms with Gasteiger partial charge in [0.1, 0.15) is 11.4 Å². The van der Waals surface area contributed by atoms with Crippen LogP contribution in [0.4, 0.5) is 5.95 Å². The van der Waals surface area contributed by atoms with Crippen LogP contribution < -0.4 is 11.3 Å². The molecule has 0 atom stereocenters. The van der Waals surface area contributed by atoms with Crippen LogP contribution >= 0.6 is 23.4 Å². The van der Waals surface area contributed by atoms with Crippen molar-refractivity contribution in [3.05, 3.63) is 42.1 Å². The first-order valence-electron chi connectivity index (χ1n) is 5.75. The van der Waals surface area contributed by atoms with Gasteiger partial charge in [-0.1, -0.05) is 11.6 Å². The minimum absolute atomic E-state index is 0.239. The van der Waals surface area contributed by atoms with Crippen LogP contribution in [0.1, 0.15) is 0 Å². The summed E-state index contributed by atoms with van der Waals surface area (Å²) < 4.78 is 1.65. The summed E-state index contributed by atoms with van der Waals surface area (Å²) in [6.45, 7) is 0. The molecule has 0 spiro atoms. The van der Waals surface area contributed by atoms with Gasteiger partial charge in [-0.15, -0.1) is 0 Å². The van der Waals surface area contributed by atoms with Crippen molar-refractivity contribution in [1.29, 1.82) is 0 Å². The average molecular weight is 321 g/mol. The Kier molecular flexibility index (Phi) is 3.95. The van der Waals surface area contributed by atoms with Crippen molar-refractivity contribution < 1.29 is 0 Å². The summed E-state index contributed by atoms with van der Waals surface area (Å²) in [5.74, 6) is 6.02. The number of pyridine rings is 1. The molecule has 3 aromatic rings. The largest absolute Gasteiger partial charge is 0.292 e. The fourth-order valence-electron chi connectivity index (χ4n) is 1.48. The fourth-order valence-corrected chi connectivity index (χ4v) is 2.43. The number of nitrogen functional groups attached to an aromatic ring is 1. The number of aromatic nitrogens is 6. The molecule has 0 aliphatic carbocycles. The maximum atomic E-state index is 6.08. The molecule has 0 radical (unpaired) electrons. The van der Waals surface area contributed by atoms with E-state index in [1.54, 1.807) is 41.6 Å². The van der Waals surface area contributed by atoms with E-state index in [2.05, 4.69) is 30.3 Å². The fraction of sp³-hybridized carbons (Fsp3) is 0. The van der Waals surface area contributed by atoms with Gasteiger partial charge in [-0.05, 0) is 23.9 Å². The number of nitrogens with two attached hydrogens (primary N) is 1. The summed E-state index contributed by atoms with van der Waals surface area (Å²) in [6.07, 6.45) is 6.58. The van der Waals surface area contributed by atoms with E-state index in [4.69, 9.17) is 17.4 Å². The number of hydrogen-bond donors (Lipinski definition) is 2. The van der Waals surface area contributed by atoms with Crippen LogP contribution in [0.25, 0.3) is 5.95 Å². The predicted octanol–water partition coefficient (Wildman–Crippen LogP) is 1.54. The van der Waals surface area contributed by atoms with Gasteiger partial charge in [0.15, 0.2) is 0 Å². The molecule has 0 aromatic carbocycles. The summed E-state index contributed by atoms with van der Waals surface area (Å²) in [6, 6.07) is 3.50. The van der Waals surface area contributed by atoms with Gasteiger partial charge in [-0.25, -0.2) is 15.8 Å². The minimum atomic E-state index is 0.239. The van der Waals surface area contributed by atoms with Crippen LogP contribution in [0.3, 0.4) is 0 Å². The van der Waals surface area contributed by atoms with E-state index in [9.17, 15) is 0 Å². The number of halogens is 1. The standard InChI is InChI=1S/C11H9ClN8S/c12-7-2-1-3-15-8(7)21-11-17-9(19-13)16-10(18-11)20-5-4-14-6-20/h1-6H,13H2,(H,16,17,18,19). The Labute approximate surface area is 128 Å². The second kappa shape index (κ2) is 6.04. The molecule has 0 bridgehead atoms. The highest BCUT2D eigenvalue weighted by Crippen LogP contribution is 2.29. The Morgan fingerprint density at radius 3 is 2.86 bits per heavy atom. The van der Waals surface area contributed by atoms with Crippen LogP contribution in [0.2, 0.25) is 5.02 Å². The maximum Gasteiger partial charge on any atom is 0.242 e. The van der Waals surface area contributed by atoms with E-state index in [0.717, 1.165) is 0 Å². The lowest BCUT2D eigenvalue weighted by Gasteiger charge is -2.06. The summed E-state index contributed by atoms with van der Waals surface area (Å²) >= 11 is 7.30. The van der Waals surface area contributed by atoms with Crippen molar-refractivity contribution in [3.63, 3.8) is 0 Å². The summed E-state index contributed by atoms with van der Waals surface area (Å²) in [7, 11) is 0. The number of rotatable bonds is 4. The molecular weight excluding hydrogens is 312 g/mol. The van der Waals surface area contributed by atoms with Crippen LogP contribution in [-0.4, -0.2) is 29.5 Å². The number of hydrogen-bond acceptors (Lipinski definition) is 8. The Balaban J connectivity index is 1.99. The van der Waals surface area contributed by atoms with Gasteiger partial charge in [-0.3, -0.25) is 9.99 Å². The molecule has 0 fully saturated rings. The first kappa shape index (κ1) is 13.7. The molecule has 8 nitrogen and oxygen atoms in total. The Morgan fingerprint density at radius 2 is 2.14 bits per heavy atom. The highest BCUT2D eigenvalue weighted by molar-refractivity contribution is 7.99. The lowest BCUT2D eigenvalue weighted by molar-refractivity contribution is 0.823. The highest BCUT2D eigenvalue weighted by Gasteiger charge is 2.11. The van der Waals surface area contributed by atoms with E-state index in [-0.39, 0.29) is 5.95 Å². The van der Waals surface area contributed by atoms with E-state index < -0.39 is 0 Å². The monoisotopic (exact) mass is 320 g/mol. The van der Waals surface area contributed by atoms with Crippen molar-refractivity contribution >= 4 is 29.3 Å². The molecule has 0 saturated carbocycles.